The Morgan fingerprint density at radius 3 is 2.72 bits per heavy atom. The molecule has 2 atom stereocenters. The van der Waals surface area contributed by atoms with Crippen LogP contribution in [0.5, 0.6) is 0 Å². The Labute approximate surface area is 116 Å². The zero-order valence-corrected chi connectivity index (χ0v) is 11.6. The van der Waals surface area contributed by atoms with Crippen molar-refractivity contribution in [3.63, 3.8) is 0 Å². The van der Waals surface area contributed by atoms with E-state index in [1.54, 1.807) is 6.07 Å². The van der Waals surface area contributed by atoms with Gasteiger partial charge in [0, 0.05) is 10.5 Å². The molecule has 0 aliphatic heterocycles. The second kappa shape index (κ2) is 5.89. The summed E-state index contributed by atoms with van der Waals surface area (Å²) in [5.74, 6) is 0.0499. The van der Waals surface area contributed by atoms with Gasteiger partial charge in [-0.1, -0.05) is 28.8 Å². The Morgan fingerprint density at radius 2 is 2.00 bits per heavy atom. The normalized spacial score (nSPS) is 22.8. The summed E-state index contributed by atoms with van der Waals surface area (Å²) < 4.78 is 0.894. The molecule has 1 aromatic rings. The van der Waals surface area contributed by atoms with Crippen molar-refractivity contribution in [1.29, 1.82) is 10.5 Å². The van der Waals surface area contributed by atoms with Gasteiger partial charge in [0.15, 0.2) is 0 Å². The predicted octanol–water partition coefficient (Wildman–Crippen LogP) is 3.82. The van der Waals surface area contributed by atoms with Crippen molar-refractivity contribution in [2.24, 2.45) is 5.92 Å². The lowest BCUT2D eigenvalue weighted by atomic mass is 9.85. The number of rotatable bonds is 2. The van der Waals surface area contributed by atoms with Crippen molar-refractivity contribution in [1.82, 2.24) is 0 Å². The molecule has 1 fully saturated rings. The van der Waals surface area contributed by atoms with Gasteiger partial charge in [0.25, 0.3) is 0 Å². The third-order valence-electron chi connectivity index (χ3n) is 3.37. The molecule has 3 nitrogen and oxygen atoms in total. The van der Waals surface area contributed by atoms with Crippen molar-refractivity contribution in [2.45, 2.75) is 31.7 Å². The Hall–Kier alpha value is -1.52. The first-order valence-electron chi connectivity index (χ1n) is 6.10. The molecule has 1 saturated carbocycles. The summed E-state index contributed by atoms with van der Waals surface area (Å²) in [5.41, 5.74) is 1.44. The summed E-state index contributed by atoms with van der Waals surface area (Å²) in [7, 11) is 0. The Balaban J connectivity index is 2.18. The lowest BCUT2D eigenvalue weighted by Gasteiger charge is -2.28. The highest BCUT2D eigenvalue weighted by molar-refractivity contribution is 9.10. The minimum atomic E-state index is 0.0499. The topological polar surface area (TPSA) is 59.6 Å². The number of nitrogens with one attached hydrogen (secondary N) is 1. The van der Waals surface area contributed by atoms with Crippen molar-refractivity contribution >= 4 is 21.6 Å². The molecule has 1 aliphatic carbocycles. The van der Waals surface area contributed by atoms with Gasteiger partial charge in [0.2, 0.25) is 0 Å². The summed E-state index contributed by atoms with van der Waals surface area (Å²) in [6.07, 6.45) is 4.22. The number of halogens is 1. The second-order valence-corrected chi connectivity index (χ2v) is 5.49. The zero-order chi connectivity index (χ0) is 13.0. The van der Waals surface area contributed by atoms with E-state index in [-0.39, 0.29) is 12.0 Å². The summed E-state index contributed by atoms with van der Waals surface area (Å²) in [5, 5.41) is 21.6. The number of nitriles is 2. The molecule has 0 saturated heterocycles. The summed E-state index contributed by atoms with van der Waals surface area (Å²) in [4.78, 5) is 0. The largest absolute Gasteiger partial charge is 0.380 e. The van der Waals surface area contributed by atoms with Crippen LogP contribution in [0.4, 0.5) is 5.69 Å². The summed E-state index contributed by atoms with van der Waals surface area (Å²) in [6.45, 7) is 0. The van der Waals surface area contributed by atoms with E-state index in [0.717, 1.165) is 35.8 Å². The van der Waals surface area contributed by atoms with Gasteiger partial charge in [-0.2, -0.15) is 10.5 Å². The second-order valence-electron chi connectivity index (χ2n) is 4.57. The monoisotopic (exact) mass is 303 g/mol. The molecule has 18 heavy (non-hydrogen) atoms. The maximum Gasteiger partial charge on any atom is 0.101 e. The van der Waals surface area contributed by atoms with E-state index in [0.29, 0.717) is 5.56 Å². The molecule has 1 aliphatic rings. The molecule has 2 rings (SSSR count). The third kappa shape index (κ3) is 2.83. The molecule has 0 heterocycles. The molecule has 92 valence electrons. The third-order valence-corrected chi connectivity index (χ3v) is 3.87. The maximum absolute atomic E-state index is 9.15. The van der Waals surface area contributed by atoms with Gasteiger partial charge < -0.3 is 5.32 Å². The van der Waals surface area contributed by atoms with E-state index in [2.05, 4.69) is 33.4 Å². The fourth-order valence-corrected chi connectivity index (χ4v) is 2.75. The number of hydrogen-bond donors (Lipinski definition) is 1. The minimum absolute atomic E-state index is 0.0499. The van der Waals surface area contributed by atoms with Gasteiger partial charge in [-0.3, -0.25) is 0 Å². The zero-order valence-electron chi connectivity index (χ0n) is 9.99. The van der Waals surface area contributed by atoms with Gasteiger partial charge in [-0.15, -0.1) is 0 Å². The van der Waals surface area contributed by atoms with E-state index in [4.69, 9.17) is 10.5 Å². The van der Waals surface area contributed by atoms with Crippen LogP contribution in [-0.2, 0) is 0 Å². The average molecular weight is 304 g/mol. The van der Waals surface area contributed by atoms with Crippen LogP contribution in [0.2, 0.25) is 0 Å². The van der Waals surface area contributed by atoms with Crippen LogP contribution < -0.4 is 5.32 Å². The maximum atomic E-state index is 9.15. The first-order chi connectivity index (χ1) is 8.74. The predicted molar refractivity (Wildman–Crippen MR) is 73.8 cm³/mol. The SMILES string of the molecule is N#Cc1cc(Br)ccc1NC1CCCCC1C#N. The molecule has 2 unspecified atom stereocenters. The lowest BCUT2D eigenvalue weighted by Crippen LogP contribution is -2.31. The highest BCUT2D eigenvalue weighted by Gasteiger charge is 2.25. The molecule has 0 bridgehead atoms. The smallest absolute Gasteiger partial charge is 0.101 e. The molecular weight excluding hydrogens is 290 g/mol. The highest BCUT2D eigenvalue weighted by Crippen LogP contribution is 2.28. The Kier molecular flexibility index (Phi) is 4.23. The Morgan fingerprint density at radius 1 is 1.22 bits per heavy atom. The molecule has 1 N–H and O–H groups in total. The van der Waals surface area contributed by atoms with Crippen molar-refractivity contribution in [3.05, 3.63) is 28.2 Å². The van der Waals surface area contributed by atoms with Gasteiger partial charge in [-0.25, -0.2) is 0 Å². The van der Waals surface area contributed by atoms with Crippen LogP contribution in [0.25, 0.3) is 0 Å². The molecule has 0 aromatic heterocycles. The lowest BCUT2D eigenvalue weighted by molar-refractivity contribution is 0.389. The van der Waals surface area contributed by atoms with E-state index in [9.17, 15) is 0 Å². The van der Waals surface area contributed by atoms with Crippen LogP contribution >= 0.6 is 15.9 Å². The standard InChI is InChI=1S/C14H14BrN3/c15-12-5-6-14(11(7-12)9-17)18-13-4-2-1-3-10(13)8-16/h5-7,10,13,18H,1-4H2. The van der Waals surface area contributed by atoms with E-state index >= 15 is 0 Å². The van der Waals surface area contributed by atoms with E-state index in [1.807, 2.05) is 12.1 Å². The summed E-state index contributed by atoms with van der Waals surface area (Å²) >= 11 is 3.36. The van der Waals surface area contributed by atoms with Crippen LogP contribution in [-0.4, -0.2) is 6.04 Å². The van der Waals surface area contributed by atoms with Gasteiger partial charge in [-0.05, 0) is 31.0 Å². The number of nitrogens with zero attached hydrogens (tertiary/aromatic N) is 2. The van der Waals surface area contributed by atoms with Gasteiger partial charge in [0.05, 0.1) is 23.2 Å². The summed E-state index contributed by atoms with van der Waals surface area (Å²) in [6, 6.07) is 10.3. The first-order valence-corrected chi connectivity index (χ1v) is 6.89. The van der Waals surface area contributed by atoms with Gasteiger partial charge >= 0.3 is 0 Å². The van der Waals surface area contributed by atoms with Crippen LogP contribution in [0.1, 0.15) is 31.2 Å². The fourth-order valence-electron chi connectivity index (χ4n) is 2.39. The van der Waals surface area contributed by atoms with Crippen molar-refractivity contribution in [3.8, 4) is 12.1 Å². The van der Waals surface area contributed by atoms with Crippen LogP contribution in [0.3, 0.4) is 0 Å². The molecule has 4 heteroatoms. The highest BCUT2D eigenvalue weighted by atomic mass is 79.9. The fraction of sp³-hybridized carbons (Fsp3) is 0.429. The number of anilines is 1. The van der Waals surface area contributed by atoms with Crippen LogP contribution in [0, 0.1) is 28.6 Å². The molecule has 0 amide bonds. The van der Waals surface area contributed by atoms with Crippen LogP contribution in [0.15, 0.2) is 22.7 Å². The van der Waals surface area contributed by atoms with Crippen molar-refractivity contribution < 1.29 is 0 Å². The average Bonchev–Trinajstić information content (AvgIpc) is 2.41. The first kappa shape index (κ1) is 12.9. The van der Waals surface area contributed by atoms with E-state index in [1.165, 1.54) is 0 Å². The van der Waals surface area contributed by atoms with Gasteiger partial charge in [0.1, 0.15) is 6.07 Å². The molecule has 1 aromatic carbocycles. The van der Waals surface area contributed by atoms with Crippen molar-refractivity contribution in [2.75, 3.05) is 5.32 Å². The molecule has 0 spiro atoms. The molecular formula is C14H14BrN3. The number of benzene rings is 1. The number of hydrogen-bond acceptors (Lipinski definition) is 3. The quantitative estimate of drug-likeness (QED) is 0.903. The Bertz CT molecular complexity index is 513. The minimum Gasteiger partial charge on any atom is -0.380 e. The molecule has 0 radical (unpaired) electrons. The van der Waals surface area contributed by atoms with E-state index < -0.39 is 0 Å².